The van der Waals surface area contributed by atoms with Crippen molar-refractivity contribution < 1.29 is 4.79 Å². The Hall–Kier alpha value is -3.38. The maximum absolute atomic E-state index is 13.2. The van der Waals surface area contributed by atoms with Gasteiger partial charge in [0.05, 0.1) is 23.3 Å². The number of thioether (sulfide) groups is 1. The lowest BCUT2D eigenvalue weighted by Crippen LogP contribution is -2.10. The van der Waals surface area contributed by atoms with Gasteiger partial charge >= 0.3 is 0 Å². The molecule has 0 aliphatic carbocycles. The molecule has 5 aromatic rings. The lowest BCUT2D eigenvalue weighted by Gasteiger charge is -2.14. The SMILES string of the molecule is Cc1cc(C)c(C)c(C(=O)CSc2nnc3n(Cc4ccccc4)c4ccccc4n23)c1C. The van der Waals surface area contributed by atoms with Gasteiger partial charge in [-0.05, 0) is 67.6 Å². The standard InChI is InChI=1S/C27H26N4OS/c1-17-14-18(2)20(4)25(19(17)3)24(32)16-33-27-29-28-26-30(15-21-10-6-5-7-11-21)22-12-8-9-13-23(22)31(26)27/h5-14H,15-16H2,1-4H3. The van der Waals surface area contributed by atoms with E-state index in [0.29, 0.717) is 12.3 Å². The Balaban J connectivity index is 1.51. The number of imidazole rings is 1. The molecule has 0 saturated carbocycles. The van der Waals surface area contributed by atoms with Crippen LogP contribution in [0, 0.1) is 27.7 Å². The Bertz CT molecular complexity index is 1470. The van der Waals surface area contributed by atoms with Crippen LogP contribution >= 0.6 is 11.8 Å². The highest BCUT2D eigenvalue weighted by molar-refractivity contribution is 7.99. The summed E-state index contributed by atoms with van der Waals surface area (Å²) in [5.74, 6) is 1.24. The van der Waals surface area contributed by atoms with Crippen molar-refractivity contribution in [3.63, 3.8) is 0 Å². The quantitative estimate of drug-likeness (QED) is 0.235. The van der Waals surface area contributed by atoms with E-state index in [-0.39, 0.29) is 5.78 Å². The first-order valence-corrected chi connectivity index (χ1v) is 12.0. The summed E-state index contributed by atoms with van der Waals surface area (Å²) >= 11 is 1.45. The predicted molar refractivity (Wildman–Crippen MR) is 134 cm³/mol. The number of aryl methyl sites for hydroxylation is 2. The zero-order valence-corrected chi connectivity index (χ0v) is 20.1. The highest BCUT2D eigenvalue weighted by atomic mass is 32.2. The first-order chi connectivity index (χ1) is 16.0. The van der Waals surface area contributed by atoms with Crippen LogP contribution in [0.25, 0.3) is 16.8 Å². The van der Waals surface area contributed by atoms with Crippen molar-refractivity contribution in [3.8, 4) is 0 Å². The fraction of sp³-hybridized carbons (Fsp3) is 0.222. The minimum atomic E-state index is 0.131. The van der Waals surface area contributed by atoms with E-state index in [1.807, 2.05) is 44.2 Å². The number of aromatic nitrogens is 4. The van der Waals surface area contributed by atoms with Crippen molar-refractivity contribution >= 4 is 34.4 Å². The summed E-state index contributed by atoms with van der Waals surface area (Å²) in [5.41, 5.74) is 8.62. The Morgan fingerprint density at radius 3 is 2.18 bits per heavy atom. The number of para-hydroxylation sites is 2. The van der Waals surface area contributed by atoms with Gasteiger partial charge in [-0.1, -0.05) is 60.3 Å². The number of rotatable bonds is 6. The summed E-state index contributed by atoms with van der Waals surface area (Å²) in [6.07, 6.45) is 0. The Kier molecular flexibility index (Phi) is 5.54. The van der Waals surface area contributed by atoms with Gasteiger partial charge in [0.25, 0.3) is 0 Å². The molecule has 33 heavy (non-hydrogen) atoms. The molecule has 2 heterocycles. The number of Topliss-reactive ketones (excluding diaryl/α,β-unsaturated/α-hetero) is 1. The van der Waals surface area contributed by atoms with E-state index in [1.165, 1.54) is 17.3 Å². The lowest BCUT2D eigenvalue weighted by atomic mass is 9.92. The van der Waals surface area contributed by atoms with Crippen LogP contribution in [0.2, 0.25) is 0 Å². The molecule has 0 aliphatic rings. The molecule has 0 atom stereocenters. The minimum absolute atomic E-state index is 0.131. The average Bonchev–Trinajstić information content (AvgIpc) is 3.37. The fourth-order valence-corrected chi connectivity index (χ4v) is 5.30. The average molecular weight is 455 g/mol. The molecule has 0 amide bonds. The largest absolute Gasteiger partial charge is 0.304 e. The second-order valence-electron chi connectivity index (χ2n) is 8.53. The van der Waals surface area contributed by atoms with Crippen LogP contribution in [0.5, 0.6) is 0 Å². The number of benzene rings is 3. The van der Waals surface area contributed by atoms with E-state index < -0.39 is 0 Å². The molecule has 3 aromatic carbocycles. The van der Waals surface area contributed by atoms with E-state index in [0.717, 1.165) is 49.8 Å². The zero-order valence-electron chi connectivity index (χ0n) is 19.3. The highest BCUT2D eigenvalue weighted by Gasteiger charge is 2.20. The molecule has 5 rings (SSSR count). The van der Waals surface area contributed by atoms with Gasteiger partial charge in [-0.15, -0.1) is 10.2 Å². The van der Waals surface area contributed by atoms with E-state index in [9.17, 15) is 4.79 Å². The summed E-state index contributed by atoms with van der Waals surface area (Å²) in [4.78, 5) is 13.2. The fourth-order valence-electron chi connectivity index (χ4n) is 4.49. The van der Waals surface area contributed by atoms with Crippen LogP contribution < -0.4 is 0 Å². The molecule has 0 radical (unpaired) electrons. The molecule has 0 spiro atoms. The van der Waals surface area contributed by atoms with Gasteiger partial charge in [-0.25, -0.2) is 0 Å². The summed E-state index contributed by atoms with van der Waals surface area (Å²) < 4.78 is 4.25. The molecule has 0 aliphatic heterocycles. The Labute approximate surface area is 197 Å². The first-order valence-electron chi connectivity index (χ1n) is 11.1. The molecule has 0 unspecified atom stereocenters. The smallest absolute Gasteiger partial charge is 0.237 e. The second-order valence-corrected chi connectivity index (χ2v) is 9.47. The van der Waals surface area contributed by atoms with Gasteiger partial charge in [0, 0.05) is 5.56 Å². The minimum Gasteiger partial charge on any atom is -0.304 e. The number of nitrogens with zero attached hydrogens (tertiary/aromatic N) is 4. The van der Waals surface area contributed by atoms with Crippen LogP contribution in [-0.4, -0.2) is 30.7 Å². The lowest BCUT2D eigenvalue weighted by molar-refractivity contribution is 0.102. The number of hydrogen-bond acceptors (Lipinski definition) is 4. The Morgan fingerprint density at radius 1 is 0.848 bits per heavy atom. The van der Waals surface area contributed by atoms with Gasteiger partial charge in [0.15, 0.2) is 10.9 Å². The van der Waals surface area contributed by atoms with Gasteiger partial charge in [0.2, 0.25) is 5.78 Å². The summed E-state index contributed by atoms with van der Waals surface area (Å²) in [6, 6.07) is 20.8. The van der Waals surface area contributed by atoms with Crippen LogP contribution in [0.1, 0.15) is 38.2 Å². The normalized spacial score (nSPS) is 11.5. The van der Waals surface area contributed by atoms with Crippen molar-refractivity contribution in [2.45, 2.75) is 39.4 Å². The predicted octanol–water partition coefficient (Wildman–Crippen LogP) is 5.94. The molecule has 0 N–H and O–H groups in total. The molecular formula is C27H26N4OS. The summed E-state index contributed by atoms with van der Waals surface area (Å²) in [7, 11) is 0. The molecule has 5 nitrogen and oxygen atoms in total. The molecule has 0 fully saturated rings. The van der Waals surface area contributed by atoms with Crippen molar-refractivity contribution in [2.75, 3.05) is 5.75 Å². The van der Waals surface area contributed by atoms with Crippen molar-refractivity contribution in [2.24, 2.45) is 0 Å². The summed E-state index contributed by atoms with van der Waals surface area (Å²) in [6.45, 7) is 8.91. The van der Waals surface area contributed by atoms with Crippen molar-refractivity contribution in [3.05, 3.63) is 94.0 Å². The van der Waals surface area contributed by atoms with Gasteiger partial charge in [-0.2, -0.15) is 0 Å². The molecule has 166 valence electrons. The number of ketones is 1. The molecule has 2 aromatic heterocycles. The zero-order chi connectivity index (χ0) is 23.1. The van der Waals surface area contributed by atoms with Gasteiger partial charge in [-0.3, -0.25) is 9.20 Å². The molecule has 0 bridgehead atoms. The topological polar surface area (TPSA) is 52.2 Å². The second kappa shape index (κ2) is 8.52. The van der Waals surface area contributed by atoms with E-state index >= 15 is 0 Å². The molecule has 0 saturated heterocycles. The number of carbonyl (C=O) groups is 1. The number of fused-ring (bicyclic) bond motifs is 3. The van der Waals surface area contributed by atoms with Gasteiger partial charge < -0.3 is 4.57 Å². The summed E-state index contributed by atoms with van der Waals surface area (Å²) in [5, 5.41) is 9.70. The highest BCUT2D eigenvalue weighted by Crippen LogP contribution is 2.28. The van der Waals surface area contributed by atoms with Crippen molar-refractivity contribution in [1.29, 1.82) is 0 Å². The van der Waals surface area contributed by atoms with Crippen LogP contribution in [0.4, 0.5) is 0 Å². The van der Waals surface area contributed by atoms with Crippen LogP contribution in [-0.2, 0) is 6.54 Å². The maximum atomic E-state index is 13.2. The van der Waals surface area contributed by atoms with E-state index in [4.69, 9.17) is 0 Å². The van der Waals surface area contributed by atoms with Crippen LogP contribution in [0.3, 0.4) is 0 Å². The van der Waals surface area contributed by atoms with Gasteiger partial charge in [0.1, 0.15) is 0 Å². The third-order valence-corrected chi connectivity index (χ3v) is 7.36. The third kappa shape index (κ3) is 3.74. The first kappa shape index (κ1) is 21.5. The molecule has 6 heteroatoms. The van der Waals surface area contributed by atoms with E-state index in [1.54, 1.807) is 0 Å². The molecular weight excluding hydrogens is 428 g/mol. The maximum Gasteiger partial charge on any atom is 0.237 e. The Morgan fingerprint density at radius 2 is 1.48 bits per heavy atom. The van der Waals surface area contributed by atoms with E-state index in [2.05, 4.69) is 63.3 Å². The number of hydrogen-bond donors (Lipinski definition) is 0. The monoisotopic (exact) mass is 454 g/mol. The number of carbonyl (C=O) groups excluding carboxylic acids is 1. The third-order valence-electron chi connectivity index (χ3n) is 6.43. The van der Waals surface area contributed by atoms with Crippen LogP contribution in [0.15, 0.2) is 65.8 Å². The van der Waals surface area contributed by atoms with Crippen molar-refractivity contribution in [1.82, 2.24) is 19.2 Å².